The third-order valence-corrected chi connectivity index (χ3v) is 5.60. The fourth-order valence-electron chi connectivity index (χ4n) is 3.87. The summed E-state index contributed by atoms with van der Waals surface area (Å²) in [7, 11) is 0. The highest BCUT2D eigenvalue weighted by molar-refractivity contribution is 6.27. The van der Waals surface area contributed by atoms with Gasteiger partial charge in [0.2, 0.25) is 0 Å². The predicted octanol–water partition coefficient (Wildman–Crippen LogP) is 3.44. The number of hydrogen-bond donors (Lipinski definition) is 2. The molecule has 2 aliphatic rings. The van der Waals surface area contributed by atoms with E-state index in [-0.39, 0.29) is 5.97 Å². The molecule has 3 rings (SSSR count). The van der Waals surface area contributed by atoms with Crippen LogP contribution < -0.4 is 0 Å². The van der Waals surface area contributed by atoms with Crippen molar-refractivity contribution in [3.05, 3.63) is 41.5 Å². The molecule has 2 N–H and O–H groups in total. The van der Waals surface area contributed by atoms with Crippen LogP contribution in [0, 0.1) is 5.92 Å². The molecule has 1 aromatic carbocycles. The fraction of sp³-hybridized carbons (Fsp3) is 0.522. The van der Waals surface area contributed by atoms with Crippen molar-refractivity contribution in [1.82, 2.24) is 4.90 Å². The van der Waals surface area contributed by atoms with Crippen LogP contribution in [-0.2, 0) is 19.1 Å². The molecule has 30 heavy (non-hydrogen) atoms. The van der Waals surface area contributed by atoms with Gasteiger partial charge in [0.1, 0.15) is 0 Å². The minimum absolute atomic E-state index is 0.0995. The summed E-state index contributed by atoms with van der Waals surface area (Å²) in [6, 6.07) is 10.3. The van der Waals surface area contributed by atoms with Gasteiger partial charge in [-0.1, -0.05) is 56.5 Å². The van der Waals surface area contributed by atoms with E-state index in [1.165, 1.54) is 37.7 Å². The normalized spacial score (nSPS) is 17.6. The van der Waals surface area contributed by atoms with Gasteiger partial charge in [-0.2, -0.15) is 0 Å². The van der Waals surface area contributed by atoms with E-state index in [0.717, 1.165) is 30.6 Å². The van der Waals surface area contributed by atoms with Crippen LogP contribution in [0.1, 0.15) is 51.0 Å². The Morgan fingerprint density at radius 1 is 1.03 bits per heavy atom. The third-order valence-electron chi connectivity index (χ3n) is 5.60. The second-order valence-corrected chi connectivity index (χ2v) is 7.65. The Labute approximate surface area is 177 Å². The molecule has 164 valence electrons. The predicted molar refractivity (Wildman–Crippen MR) is 113 cm³/mol. The topological polar surface area (TPSA) is 104 Å². The molecular formula is C23H31NO6. The number of carboxylic acid groups (broad SMARTS) is 2. The van der Waals surface area contributed by atoms with Crippen LogP contribution in [0.4, 0.5) is 0 Å². The second-order valence-electron chi connectivity index (χ2n) is 7.65. The van der Waals surface area contributed by atoms with Crippen molar-refractivity contribution in [1.29, 1.82) is 0 Å². The average molecular weight is 418 g/mol. The number of carboxylic acids is 2. The highest BCUT2D eigenvalue weighted by atomic mass is 16.5. The molecule has 7 heteroatoms. The molecule has 1 heterocycles. The van der Waals surface area contributed by atoms with Crippen molar-refractivity contribution < 1.29 is 29.3 Å². The molecule has 0 saturated heterocycles. The molecule has 0 unspecified atom stereocenters. The van der Waals surface area contributed by atoms with E-state index in [9.17, 15) is 4.79 Å². The molecule has 7 nitrogen and oxygen atoms in total. The molecule has 1 aromatic rings. The summed E-state index contributed by atoms with van der Waals surface area (Å²) in [5, 5.41) is 14.8. The molecule has 0 atom stereocenters. The number of benzene rings is 1. The zero-order valence-electron chi connectivity index (χ0n) is 17.5. The number of nitrogens with zero attached hydrogens (tertiary/aromatic N) is 1. The summed E-state index contributed by atoms with van der Waals surface area (Å²) >= 11 is 0. The van der Waals surface area contributed by atoms with E-state index < -0.39 is 11.9 Å². The number of rotatable bonds is 5. The Bertz CT molecular complexity index is 740. The van der Waals surface area contributed by atoms with E-state index in [1.807, 2.05) is 18.2 Å². The molecule has 1 saturated carbocycles. The maximum Gasteiger partial charge on any atom is 0.414 e. The van der Waals surface area contributed by atoms with Gasteiger partial charge in [0.05, 0.1) is 12.2 Å². The lowest BCUT2D eigenvalue weighted by Gasteiger charge is -2.29. The highest BCUT2D eigenvalue weighted by Crippen LogP contribution is 2.29. The maximum absolute atomic E-state index is 12.8. The first-order chi connectivity index (χ1) is 14.4. The summed E-state index contributed by atoms with van der Waals surface area (Å²) in [5.74, 6) is -3.18. The van der Waals surface area contributed by atoms with Crippen molar-refractivity contribution in [2.24, 2.45) is 5.92 Å². The smallest absolute Gasteiger partial charge is 0.414 e. The van der Waals surface area contributed by atoms with Crippen LogP contribution in [0.15, 0.2) is 35.9 Å². The highest BCUT2D eigenvalue weighted by Gasteiger charge is 2.26. The molecular weight excluding hydrogens is 386 g/mol. The van der Waals surface area contributed by atoms with E-state index in [0.29, 0.717) is 19.1 Å². The van der Waals surface area contributed by atoms with Gasteiger partial charge in [-0.05, 0) is 42.9 Å². The van der Waals surface area contributed by atoms with Crippen molar-refractivity contribution in [2.45, 2.75) is 45.4 Å². The third kappa shape index (κ3) is 7.30. The molecule has 0 amide bonds. The summed E-state index contributed by atoms with van der Waals surface area (Å²) in [5.41, 5.74) is 3.21. The summed E-state index contributed by atoms with van der Waals surface area (Å²) in [6.45, 7) is 5.45. The average Bonchev–Trinajstić information content (AvgIpc) is 2.78. The number of likely N-dealkylation sites (N-methyl/N-ethyl adjacent to an activating group) is 1. The summed E-state index contributed by atoms with van der Waals surface area (Å²) in [6.07, 6.45) is 7.23. The SMILES string of the molecule is CCN1CCC(c2ccccc2)=C(C(=O)OCC2CCCCC2)C1.O=C(O)C(=O)O. The molecule has 0 bridgehead atoms. The molecule has 1 aliphatic carbocycles. The molecule has 1 fully saturated rings. The lowest BCUT2D eigenvalue weighted by Crippen LogP contribution is -2.34. The van der Waals surface area contributed by atoms with E-state index >= 15 is 0 Å². The lowest BCUT2D eigenvalue weighted by molar-refractivity contribution is -0.159. The van der Waals surface area contributed by atoms with Gasteiger partial charge in [-0.3, -0.25) is 4.90 Å². The second kappa shape index (κ2) is 12.1. The fourth-order valence-corrected chi connectivity index (χ4v) is 3.87. The van der Waals surface area contributed by atoms with Gasteiger partial charge in [0.15, 0.2) is 0 Å². The maximum atomic E-state index is 12.8. The van der Waals surface area contributed by atoms with E-state index in [1.54, 1.807) is 0 Å². The molecule has 0 spiro atoms. The van der Waals surface area contributed by atoms with Crippen LogP contribution in [0.5, 0.6) is 0 Å². The van der Waals surface area contributed by atoms with Gasteiger partial charge in [-0.15, -0.1) is 0 Å². The zero-order chi connectivity index (χ0) is 21.9. The number of hydrogen-bond acceptors (Lipinski definition) is 5. The molecule has 1 aliphatic heterocycles. The zero-order valence-corrected chi connectivity index (χ0v) is 17.5. The first-order valence-electron chi connectivity index (χ1n) is 10.6. The first kappa shape index (κ1) is 23.6. The standard InChI is InChI=1S/C21H29NO2.C2H2O4/c1-2-22-14-13-19(18-11-7-4-8-12-18)20(15-22)21(23)24-16-17-9-5-3-6-10-17;3-1(4)2(5)6/h4,7-8,11-12,17H,2-3,5-6,9-10,13-16H2,1H3;(H,3,4)(H,5,6). The Hall–Kier alpha value is -2.67. The Morgan fingerprint density at radius 3 is 2.23 bits per heavy atom. The number of ether oxygens (including phenoxy) is 1. The van der Waals surface area contributed by atoms with E-state index in [2.05, 4.69) is 24.0 Å². The van der Waals surface area contributed by atoms with Crippen molar-refractivity contribution >= 4 is 23.5 Å². The molecule has 0 radical (unpaired) electrons. The van der Waals surface area contributed by atoms with Crippen LogP contribution in [-0.4, -0.2) is 59.3 Å². The van der Waals surface area contributed by atoms with Crippen molar-refractivity contribution in [3.8, 4) is 0 Å². The number of carbonyl (C=O) groups is 3. The largest absolute Gasteiger partial charge is 0.473 e. The Morgan fingerprint density at radius 2 is 1.67 bits per heavy atom. The van der Waals surface area contributed by atoms with Crippen LogP contribution in [0.25, 0.3) is 5.57 Å². The molecule has 0 aromatic heterocycles. The number of aliphatic carboxylic acids is 2. The minimum atomic E-state index is -1.82. The van der Waals surface area contributed by atoms with Gasteiger partial charge in [0, 0.05) is 13.1 Å². The Kier molecular flexibility index (Phi) is 9.54. The van der Waals surface area contributed by atoms with Gasteiger partial charge in [-0.25, -0.2) is 14.4 Å². The summed E-state index contributed by atoms with van der Waals surface area (Å²) in [4.78, 5) is 33.3. The van der Waals surface area contributed by atoms with Gasteiger partial charge in [0.25, 0.3) is 0 Å². The quantitative estimate of drug-likeness (QED) is 0.558. The van der Waals surface area contributed by atoms with Crippen LogP contribution >= 0.6 is 0 Å². The van der Waals surface area contributed by atoms with E-state index in [4.69, 9.17) is 24.5 Å². The minimum Gasteiger partial charge on any atom is -0.473 e. The van der Waals surface area contributed by atoms with Gasteiger partial charge < -0.3 is 14.9 Å². The number of carbonyl (C=O) groups excluding carboxylic acids is 1. The summed E-state index contributed by atoms with van der Waals surface area (Å²) < 4.78 is 5.74. The Balaban J connectivity index is 0.000000469. The van der Waals surface area contributed by atoms with Crippen LogP contribution in [0.2, 0.25) is 0 Å². The van der Waals surface area contributed by atoms with Crippen molar-refractivity contribution in [2.75, 3.05) is 26.2 Å². The van der Waals surface area contributed by atoms with Gasteiger partial charge >= 0.3 is 17.9 Å². The van der Waals surface area contributed by atoms with Crippen LogP contribution in [0.3, 0.4) is 0 Å². The monoisotopic (exact) mass is 417 g/mol. The number of esters is 1. The first-order valence-corrected chi connectivity index (χ1v) is 10.6. The van der Waals surface area contributed by atoms with Crippen molar-refractivity contribution in [3.63, 3.8) is 0 Å². The lowest BCUT2D eigenvalue weighted by atomic mass is 9.90.